The van der Waals surface area contributed by atoms with E-state index in [0.29, 0.717) is 25.7 Å². The lowest BCUT2D eigenvalue weighted by Gasteiger charge is -2.40. The molecule has 1 aliphatic rings. The van der Waals surface area contributed by atoms with E-state index in [1.54, 1.807) is 0 Å². The van der Waals surface area contributed by atoms with Crippen LogP contribution in [0.4, 0.5) is 0 Å². The lowest BCUT2D eigenvalue weighted by molar-refractivity contribution is -0.301. The minimum atomic E-state index is -1.93. The summed E-state index contributed by atoms with van der Waals surface area (Å²) in [6, 6.07) is 0. The Labute approximate surface area is 505 Å². The number of allylic oxidation sites excluding steroid dienone is 14. The van der Waals surface area contributed by atoms with Crippen LogP contribution in [0.1, 0.15) is 290 Å². The van der Waals surface area contributed by atoms with Gasteiger partial charge in [0.15, 0.2) is 24.6 Å². The quantitative estimate of drug-likeness (QED) is 0.0228. The maximum Gasteiger partial charge on any atom is 0.335 e. The van der Waals surface area contributed by atoms with E-state index in [1.807, 2.05) is 18.2 Å². The third kappa shape index (κ3) is 47.8. The van der Waals surface area contributed by atoms with Crippen molar-refractivity contribution in [3.63, 3.8) is 0 Å². The number of hydrogen-bond acceptors (Lipinski definition) is 11. The van der Waals surface area contributed by atoms with Crippen LogP contribution in [0.2, 0.25) is 0 Å². The zero-order valence-corrected chi connectivity index (χ0v) is 52.7. The minimum absolute atomic E-state index is 0.0661. The molecule has 1 aliphatic heterocycles. The molecule has 3 N–H and O–H groups in total. The lowest BCUT2D eigenvalue weighted by Crippen LogP contribution is -2.61. The normalized spacial score (nSPS) is 18.1. The molecule has 1 rings (SSSR count). The molecule has 1 fully saturated rings. The number of esters is 3. The number of unbranched alkanes of at least 4 members (excludes halogenated alkanes) is 29. The Balaban J connectivity index is 2.69. The van der Waals surface area contributed by atoms with Crippen molar-refractivity contribution in [1.82, 2.24) is 0 Å². The Morgan fingerprint density at radius 2 is 0.783 bits per heavy atom. The van der Waals surface area contributed by atoms with Crippen LogP contribution < -0.4 is 0 Å². The number of ether oxygens (including phenoxy) is 5. The molecule has 0 aromatic rings. The minimum Gasteiger partial charge on any atom is -0.479 e. The highest BCUT2D eigenvalue weighted by Gasteiger charge is 2.50. The number of carbonyl (C=O) groups excluding carboxylic acids is 3. The molecule has 0 aromatic carbocycles. The van der Waals surface area contributed by atoms with Gasteiger partial charge in [-0.3, -0.25) is 14.4 Å². The summed E-state index contributed by atoms with van der Waals surface area (Å²) < 4.78 is 28.5. The topological polar surface area (TPSA) is 175 Å². The summed E-state index contributed by atoms with van der Waals surface area (Å²) in [6.07, 6.45) is 64.1. The van der Waals surface area contributed by atoms with Crippen LogP contribution in [0.25, 0.3) is 0 Å². The molecule has 12 nitrogen and oxygen atoms in total. The number of carboxylic acid groups (broad SMARTS) is 1. The second-order valence-electron chi connectivity index (χ2n) is 22.7. The van der Waals surface area contributed by atoms with Gasteiger partial charge in [-0.1, -0.05) is 273 Å². The summed E-state index contributed by atoms with van der Waals surface area (Å²) in [5.41, 5.74) is 0. The third-order valence-corrected chi connectivity index (χ3v) is 15.0. The van der Waals surface area contributed by atoms with Crippen LogP contribution in [-0.2, 0) is 42.9 Å². The molecule has 0 bridgehead atoms. The standard InChI is InChI=1S/C71H120O12/c1-4-7-10-13-16-19-22-25-28-31-32-35-38-41-44-47-50-53-56-59-65(74)82-69-67(76)66(75)68(70(77)78)83-71(69)80-61-62(81-64(73)58-55-52-49-46-43-40-37-34-30-27-24-21-18-15-12-9-6-3)60-79-63(72)57-54-51-48-45-42-39-36-33-29-26-23-20-17-14-11-8-5-2/h7,10,16,19,25-26,28-29,32,35,41,44,50,53,62,66-69,71,75-76H,4-6,8-9,11-15,17-18,20-24,27,30-31,33-34,36-40,42-43,45-49,51-52,54-61H2,1-3H3,(H,77,78)/b10-7-,19-16-,28-25-,29-26-,35-32-,44-41-,53-50-. The Kier molecular flexibility index (Phi) is 54.0. The van der Waals surface area contributed by atoms with Gasteiger partial charge in [0.1, 0.15) is 18.8 Å². The Morgan fingerprint density at radius 3 is 1.20 bits per heavy atom. The van der Waals surface area contributed by atoms with Crippen LogP contribution in [-0.4, -0.2) is 89.2 Å². The highest BCUT2D eigenvalue weighted by molar-refractivity contribution is 5.74. The van der Waals surface area contributed by atoms with Gasteiger partial charge in [0.25, 0.3) is 0 Å². The van der Waals surface area contributed by atoms with Gasteiger partial charge in [-0.05, 0) is 83.5 Å². The highest BCUT2D eigenvalue weighted by Crippen LogP contribution is 2.26. The molecule has 0 radical (unpaired) electrons. The summed E-state index contributed by atoms with van der Waals surface area (Å²) >= 11 is 0. The zero-order chi connectivity index (χ0) is 60.3. The van der Waals surface area contributed by atoms with Crippen LogP contribution >= 0.6 is 0 Å². The van der Waals surface area contributed by atoms with Crippen molar-refractivity contribution in [2.45, 2.75) is 327 Å². The van der Waals surface area contributed by atoms with Gasteiger partial charge in [0.2, 0.25) is 0 Å². The van der Waals surface area contributed by atoms with Crippen molar-refractivity contribution < 1.29 is 58.2 Å². The molecule has 1 heterocycles. The van der Waals surface area contributed by atoms with Gasteiger partial charge in [0.05, 0.1) is 6.61 Å². The van der Waals surface area contributed by atoms with Crippen LogP contribution in [0.15, 0.2) is 85.1 Å². The van der Waals surface area contributed by atoms with Gasteiger partial charge in [0, 0.05) is 19.3 Å². The fourth-order valence-electron chi connectivity index (χ4n) is 9.86. The second-order valence-corrected chi connectivity index (χ2v) is 22.7. The van der Waals surface area contributed by atoms with E-state index in [4.69, 9.17) is 23.7 Å². The average molecular weight is 1170 g/mol. The molecule has 0 saturated carbocycles. The summed E-state index contributed by atoms with van der Waals surface area (Å²) in [5, 5.41) is 31.6. The monoisotopic (exact) mass is 1160 g/mol. The van der Waals surface area contributed by atoms with Crippen molar-refractivity contribution in [3.8, 4) is 0 Å². The zero-order valence-electron chi connectivity index (χ0n) is 52.7. The van der Waals surface area contributed by atoms with E-state index in [9.17, 15) is 34.5 Å². The number of aliphatic hydroxyl groups excluding tert-OH is 2. The number of rotatable bonds is 57. The van der Waals surface area contributed by atoms with Crippen LogP contribution in [0, 0.1) is 0 Å². The van der Waals surface area contributed by atoms with E-state index >= 15 is 0 Å². The Hall–Kier alpha value is -4.10. The maximum atomic E-state index is 13.2. The first-order valence-electron chi connectivity index (χ1n) is 33.6. The Morgan fingerprint density at radius 1 is 0.410 bits per heavy atom. The first-order chi connectivity index (χ1) is 40.6. The van der Waals surface area contributed by atoms with E-state index in [1.165, 1.54) is 148 Å². The first-order valence-corrected chi connectivity index (χ1v) is 33.6. The molecule has 6 atom stereocenters. The molecule has 476 valence electrons. The number of aliphatic hydroxyl groups is 2. The van der Waals surface area contributed by atoms with Gasteiger partial charge in [-0.25, -0.2) is 4.79 Å². The third-order valence-electron chi connectivity index (χ3n) is 15.0. The van der Waals surface area contributed by atoms with Crippen molar-refractivity contribution in [2.24, 2.45) is 0 Å². The summed E-state index contributed by atoms with van der Waals surface area (Å²) in [7, 11) is 0. The second kappa shape index (κ2) is 58.3. The van der Waals surface area contributed by atoms with Crippen molar-refractivity contribution in [3.05, 3.63) is 85.1 Å². The molecule has 0 spiro atoms. The molecule has 6 unspecified atom stereocenters. The summed E-state index contributed by atoms with van der Waals surface area (Å²) in [4.78, 5) is 51.4. The fraction of sp³-hybridized carbons (Fsp3) is 0.746. The number of aliphatic carboxylic acids is 1. The van der Waals surface area contributed by atoms with E-state index in [-0.39, 0.29) is 25.9 Å². The van der Waals surface area contributed by atoms with Crippen molar-refractivity contribution >= 4 is 23.9 Å². The van der Waals surface area contributed by atoms with E-state index < -0.39 is 67.3 Å². The van der Waals surface area contributed by atoms with Gasteiger partial charge < -0.3 is 39.0 Å². The first kappa shape index (κ1) is 76.9. The SMILES string of the molecule is CC/C=C\C/C=C\C/C=C\C/C=C\C/C=C\C/C=C\CCC(=O)OC1C(OCC(COC(=O)CCCCCCCCC/C=C\CCCCCCCC)OC(=O)CCCCCCCCCCCCCCCCCCC)OC(C(=O)O)C(O)C1O. The number of carbonyl (C=O) groups is 4. The van der Waals surface area contributed by atoms with Crippen LogP contribution in [0.3, 0.4) is 0 Å². The van der Waals surface area contributed by atoms with Gasteiger partial charge >= 0.3 is 23.9 Å². The Bertz CT molecular complexity index is 1760. The molecule has 12 heteroatoms. The molecular formula is C71H120O12. The van der Waals surface area contributed by atoms with Crippen molar-refractivity contribution in [2.75, 3.05) is 13.2 Å². The average Bonchev–Trinajstić information content (AvgIpc) is 3.55. The van der Waals surface area contributed by atoms with Crippen LogP contribution in [0.5, 0.6) is 0 Å². The fourth-order valence-corrected chi connectivity index (χ4v) is 9.86. The number of hydrogen-bond donors (Lipinski definition) is 3. The lowest BCUT2D eigenvalue weighted by atomic mass is 9.98. The smallest absolute Gasteiger partial charge is 0.335 e. The van der Waals surface area contributed by atoms with E-state index in [0.717, 1.165) is 77.0 Å². The molecule has 83 heavy (non-hydrogen) atoms. The number of carboxylic acids is 1. The highest BCUT2D eigenvalue weighted by atomic mass is 16.7. The summed E-state index contributed by atoms with van der Waals surface area (Å²) in [6.45, 7) is 5.88. The molecule has 0 aliphatic carbocycles. The van der Waals surface area contributed by atoms with Gasteiger partial charge in [-0.15, -0.1) is 0 Å². The molecule has 1 saturated heterocycles. The van der Waals surface area contributed by atoms with Gasteiger partial charge in [-0.2, -0.15) is 0 Å². The summed E-state index contributed by atoms with van der Waals surface area (Å²) in [5.74, 6) is -3.22. The predicted octanol–water partition coefficient (Wildman–Crippen LogP) is 18.2. The molecule has 0 amide bonds. The molecular weight excluding hydrogens is 1040 g/mol. The van der Waals surface area contributed by atoms with E-state index in [2.05, 4.69) is 87.6 Å². The largest absolute Gasteiger partial charge is 0.479 e. The molecule has 0 aromatic heterocycles. The maximum absolute atomic E-state index is 13.2. The van der Waals surface area contributed by atoms with Crippen molar-refractivity contribution in [1.29, 1.82) is 0 Å². The predicted molar refractivity (Wildman–Crippen MR) is 340 cm³/mol.